The smallest absolute Gasteiger partial charge is 0.302 e. The maximum absolute atomic E-state index is 10.6. The normalized spacial score (nSPS) is 12.9. The van der Waals surface area contributed by atoms with Crippen molar-refractivity contribution in [3.8, 4) is 5.75 Å². The summed E-state index contributed by atoms with van der Waals surface area (Å²) in [5.41, 5.74) is 1.32. The van der Waals surface area contributed by atoms with E-state index in [9.17, 15) is 4.79 Å². The van der Waals surface area contributed by atoms with Gasteiger partial charge in [0.15, 0.2) is 0 Å². The molecular weight excluding hydrogens is 364 g/mol. The van der Waals surface area contributed by atoms with Crippen molar-refractivity contribution >= 4 is 14.3 Å². The number of rotatable bonds is 10. The fraction of sp³-hybridized carbons (Fsp3) is 0.458. The van der Waals surface area contributed by atoms with Crippen molar-refractivity contribution in [3.05, 3.63) is 66.3 Å². The summed E-state index contributed by atoms with van der Waals surface area (Å²) in [7, 11) is -1.77. The predicted molar refractivity (Wildman–Crippen MR) is 121 cm³/mol. The van der Waals surface area contributed by atoms with Crippen LogP contribution >= 0.6 is 0 Å². The molecule has 0 saturated heterocycles. The first-order valence-electron chi connectivity index (χ1n) is 10.0. The van der Waals surface area contributed by atoms with E-state index in [2.05, 4.69) is 70.3 Å². The molecule has 0 atom stereocenters. The molecule has 3 nitrogen and oxygen atoms in total. The largest absolute Gasteiger partial charge is 0.544 e. The van der Waals surface area contributed by atoms with Crippen molar-refractivity contribution in [2.75, 3.05) is 6.61 Å². The molecule has 1 rings (SSSR count). The van der Waals surface area contributed by atoms with Gasteiger partial charge in [0, 0.05) is 6.92 Å². The summed E-state index contributed by atoms with van der Waals surface area (Å²) in [5, 5.41) is 0.210. The summed E-state index contributed by atoms with van der Waals surface area (Å²) in [5.74, 6) is 0.749. The number of benzene rings is 1. The minimum Gasteiger partial charge on any atom is -0.544 e. The van der Waals surface area contributed by atoms with Gasteiger partial charge < -0.3 is 9.16 Å². The van der Waals surface area contributed by atoms with Gasteiger partial charge in [-0.05, 0) is 55.1 Å². The molecule has 0 heterocycles. The Kier molecular flexibility index (Phi) is 10.0. The second-order valence-electron chi connectivity index (χ2n) is 8.41. The fourth-order valence-electron chi connectivity index (χ4n) is 2.17. The number of esters is 1. The molecule has 0 N–H and O–H groups in total. The highest BCUT2D eigenvalue weighted by Crippen LogP contribution is 2.37. The zero-order valence-electron chi connectivity index (χ0n) is 18.3. The second-order valence-corrected chi connectivity index (χ2v) is 13.1. The Morgan fingerprint density at radius 1 is 0.964 bits per heavy atom. The molecule has 1 aromatic rings. The lowest BCUT2D eigenvalue weighted by atomic mass is 10.1. The van der Waals surface area contributed by atoms with E-state index < -0.39 is 8.32 Å². The molecule has 154 valence electrons. The first-order valence-corrected chi connectivity index (χ1v) is 12.9. The molecule has 0 amide bonds. The monoisotopic (exact) mass is 400 g/mol. The van der Waals surface area contributed by atoms with E-state index >= 15 is 0 Å². The number of hydrogen-bond donors (Lipinski definition) is 0. The quantitative estimate of drug-likeness (QED) is 0.191. The maximum atomic E-state index is 10.6. The number of aryl methyl sites for hydroxylation is 1. The van der Waals surface area contributed by atoms with Crippen molar-refractivity contribution in [3.63, 3.8) is 0 Å². The fourth-order valence-corrected chi connectivity index (χ4v) is 3.20. The number of allylic oxidation sites excluding steroid dienone is 5. The third kappa shape index (κ3) is 9.74. The summed E-state index contributed by atoms with van der Waals surface area (Å²) in [6.45, 7) is 13.2. The SMILES string of the molecule is CC(=O)OCC/C=C/C=C/C=C/CCc1ccc(O[Si](C)(C)C(C)(C)C)cc1. The van der Waals surface area contributed by atoms with E-state index in [0.29, 0.717) is 6.61 Å². The molecule has 0 saturated carbocycles. The van der Waals surface area contributed by atoms with Crippen molar-refractivity contribution in [1.29, 1.82) is 0 Å². The summed E-state index contributed by atoms with van der Waals surface area (Å²) >= 11 is 0. The topological polar surface area (TPSA) is 35.5 Å². The second kappa shape index (κ2) is 11.7. The van der Waals surface area contributed by atoms with Crippen LogP contribution in [-0.4, -0.2) is 20.9 Å². The molecule has 0 aliphatic carbocycles. The zero-order chi connectivity index (χ0) is 21.0. The molecule has 4 heteroatoms. The standard InChI is InChI=1S/C24H36O3Si/c1-21(25)26-20-14-12-10-8-7-9-11-13-15-22-16-18-23(19-17-22)27-28(5,6)24(2,3)4/h7-12,16-19H,13-15,20H2,1-6H3/b8-7+,11-9+,12-10+. The maximum Gasteiger partial charge on any atom is 0.302 e. The van der Waals surface area contributed by atoms with Crippen LogP contribution in [0.5, 0.6) is 5.75 Å². The van der Waals surface area contributed by atoms with Gasteiger partial charge in [0.05, 0.1) is 6.61 Å². The lowest BCUT2D eigenvalue weighted by Crippen LogP contribution is -2.43. The number of ether oxygens (including phenoxy) is 1. The average Bonchev–Trinajstić information content (AvgIpc) is 2.59. The van der Waals surface area contributed by atoms with Crippen LogP contribution in [0, 0.1) is 0 Å². The molecule has 0 aliphatic heterocycles. The van der Waals surface area contributed by atoms with Crippen LogP contribution in [0.4, 0.5) is 0 Å². The molecular formula is C24H36O3Si. The van der Waals surface area contributed by atoms with Gasteiger partial charge in [0.1, 0.15) is 5.75 Å². The van der Waals surface area contributed by atoms with E-state index in [1.54, 1.807) is 0 Å². The Hall–Kier alpha value is -2.07. The van der Waals surface area contributed by atoms with E-state index in [4.69, 9.17) is 9.16 Å². The summed E-state index contributed by atoms with van der Waals surface area (Å²) in [6.07, 6.45) is 14.9. The van der Waals surface area contributed by atoms with Gasteiger partial charge in [-0.2, -0.15) is 0 Å². The average molecular weight is 401 g/mol. The molecule has 28 heavy (non-hydrogen) atoms. The number of hydrogen-bond acceptors (Lipinski definition) is 3. The van der Waals surface area contributed by atoms with Gasteiger partial charge in [-0.15, -0.1) is 0 Å². The Morgan fingerprint density at radius 2 is 1.54 bits per heavy atom. The van der Waals surface area contributed by atoms with Gasteiger partial charge in [-0.25, -0.2) is 0 Å². The van der Waals surface area contributed by atoms with Crippen molar-refractivity contribution in [2.24, 2.45) is 0 Å². The van der Waals surface area contributed by atoms with Gasteiger partial charge in [0.25, 0.3) is 0 Å². The third-order valence-corrected chi connectivity index (χ3v) is 9.26. The number of carbonyl (C=O) groups is 1. The minimum atomic E-state index is -1.77. The highest BCUT2D eigenvalue weighted by molar-refractivity contribution is 6.74. The Labute approximate surface area is 172 Å². The first-order chi connectivity index (χ1) is 13.1. The Morgan fingerprint density at radius 3 is 2.07 bits per heavy atom. The van der Waals surface area contributed by atoms with E-state index in [0.717, 1.165) is 25.0 Å². The highest BCUT2D eigenvalue weighted by Gasteiger charge is 2.38. The van der Waals surface area contributed by atoms with Crippen LogP contribution in [-0.2, 0) is 16.0 Å². The summed E-state index contributed by atoms with van der Waals surface area (Å²) in [4.78, 5) is 10.6. The van der Waals surface area contributed by atoms with E-state index in [-0.39, 0.29) is 11.0 Å². The van der Waals surface area contributed by atoms with Gasteiger partial charge >= 0.3 is 5.97 Å². The molecule has 0 aliphatic rings. The lowest BCUT2D eigenvalue weighted by Gasteiger charge is -2.36. The van der Waals surface area contributed by atoms with Crippen molar-refractivity contribution < 1.29 is 14.0 Å². The van der Waals surface area contributed by atoms with Gasteiger partial charge in [0.2, 0.25) is 8.32 Å². The van der Waals surface area contributed by atoms with Crippen LogP contribution in [0.25, 0.3) is 0 Å². The van der Waals surface area contributed by atoms with E-state index in [1.807, 2.05) is 24.3 Å². The van der Waals surface area contributed by atoms with Crippen LogP contribution in [0.1, 0.15) is 46.1 Å². The van der Waals surface area contributed by atoms with Crippen molar-refractivity contribution in [1.82, 2.24) is 0 Å². The van der Waals surface area contributed by atoms with Crippen LogP contribution in [0.2, 0.25) is 18.1 Å². The Balaban J connectivity index is 2.32. The zero-order valence-corrected chi connectivity index (χ0v) is 19.3. The van der Waals surface area contributed by atoms with Crippen LogP contribution in [0.3, 0.4) is 0 Å². The molecule has 0 bridgehead atoms. The van der Waals surface area contributed by atoms with Crippen molar-refractivity contribution in [2.45, 2.75) is 65.1 Å². The van der Waals surface area contributed by atoms with Crippen LogP contribution in [0.15, 0.2) is 60.7 Å². The van der Waals surface area contributed by atoms with Gasteiger partial charge in [-0.3, -0.25) is 4.79 Å². The molecule has 0 unspecified atom stereocenters. The summed E-state index contributed by atoms with van der Waals surface area (Å²) in [6, 6.07) is 8.52. The molecule has 0 radical (unpaired) electrons. The first kappa shape index (κ1) is 24.0. The Bertz CT molecular complexity index is 677. The van der Waals surface area contributed by atoms with E-state index in [1.165, 1.54) is 12.5 Å². The molecule has 0 spiro atoms. The van der Waals surface area contributed by atoms with Gasteiger partial charge in [-0.1, -0.05) is 69.4 Å². The number of carbonyl (C=O) groups excluding carboxylic acids is 1. The highest BCUT2D eigenvalue weighted by atomic mass is 28.4. The molecule has 1 aromatic carbocycles. The molecule has 0 aromatic heterocycles. The van der Waals surface area contributed by atoms with Crippen LogP contribution < -0.4 is 4.43 Å². The molecule has 0 fully saturated rings. The third-order valence-electron chi connectivity index (χ3n) is 4.90. The minimum absolute atomic E-state index is 0.210. The summed E-state index contributed by atoms with van der Waals surface area (Å²) < 4.78 is 11.2. The predicted octanol–water partition coefficient (Wildman–Crippen LogP) is 6.63. The lowest BCUT2D eigenvalue weighted by molar-refractivity contribution is -0.140.